The third kappa shape index (κ3) is 6.01. The molecule has 0 aromatic heterocycles. The molecule has 0 spiro atoms. The van der Waals surface area contributed by atoms with Crippen LogP contribution in [0.4, 0.5) is 0 Å². The van der Waals surface area contributed by atoms with Crippen molar-refractivity contribution in [1.82, 2.24) is 10.6 Å². The zero-order valence-corrected chi connectivity index (χ0v) is 14.7. The number of carbonyl (C=O) groups excluding carboxylic acids is 1. The minimum absolute atomic E-state index is 0. The predicted molar refractivity (Wildman–Crippen MR) is 93.4 cm³/mol. The van der Waals surface area contributed by atoms with Gasteiger partial charge < -0.3 is 20.1 Å². The van der Waals surface area contributed by atoms with Crippen LogP contribution >= 0.6 is 12.4 Å². The Balaban J connectivity index is 0.00000264. The van der Waals surface area contributed by atoms with Gasteiger partial charge in [0.2, 0.25) is 5.91 Å². The van der Waals surface area contributed by atoms with Crippen molar-refractivity contribution in [2.45, 2.75) is 31.2 Å². The average molecular weight is 343 g/mol. The third-order valence-corrected chi connectivity index (χ3v) is 4.18. The summed E-state index contributed by atoms with van der Waals surface area (Å²) in [6.45, 7) is 2.25. The van der Waals surface area contributed by atoms with E-state index in [2.05, 4.69) is 10.6 Å². The van der Waals surface area contributed by atoms with E-state index in [1.54, 1.807) is 14.2 Å². The predicted octanol–water partition coefficient (Wildman–Crippen LogP) is 1.93. The minimum Gasteiger partial charge on any atom is -0.497 e. The van der Waals surface area contributed by atoms with Crippen molar-refractivity contribution in [1.29, 1.82) is 0 Å². The summed E-state index contributed by atoms with van der Waals surface area (Å²) in [6, 6.07) is 7.83. The number of hydrogen-bond donors (Lipinski definition) is 2. The van der Waals surface area contributed by atoms with E-state index >= 15 is 0 Å². The Bertz CT molecular complexity index is 473. The molecule has 1 aromatic carbocycles. The third-order valence-electron chi connectivity index (χ3n) is 4.18. The van der Waals surface area contributed by atoms with Crippen LogP contribution in [0.1, 0.15) is 24.8 Å². The molecule has 5 nitrogen and oxygen atoms in total. The summed E-state index contributed by atoms with van der Waals surface area (Å²) in [5, 5.41) is 6.50. The van der Waals surface area contributed by atoms with Gasteiger partial charge >= 0.3 is 0 Å². The molecule has 1 fully saturated rings. The standard InChI is InChI=1S/C17H26N2O3.ClH/c1-21-13-17(10-3-11-19-17)12-18-16(20)9-6-14-4-7-15(22-2)8-5-14;/h4-5,7-8,19H,3,6,9-13H2,1-2H3,(H,18,20);1H. The molecule has 2 rings (SSSR count). The van der Waals surface area contributed by atoms with Gasteiger partial charge in [0.05, 0.1) is 19.3 Å². The summed E-state index contributed by atoms with van der Waals surface area (Å²) in [4.78, 5) is 12.0. The SMILES string of the molecule is COCC1(CNC(=O)CCc2ccc(OC)cc2)CCCN1.Cl. The summed E-state index contributed by atoms with van der Waals surface area (Å²) in [5.74, 6) is 0.919. The second kappa shape index (κ2) is 9.75. The van der Waals surface area contributed by atoms with Crippen LogP contribution in [0.5, 0.6) is 5.75 Å². The van der Waals surface area contributed by atoms with Crippen LogP contribution in [0.15, 0.2) is 24.3 Å². The molecule has 0 bridgehead atoms. The Kier molecular flexibility index (Phi) is 8.37. The first-order chi connectivity index (χ1) is 10.7. The van der Waals surface area contributed by atoms with E-state index in [9.17, 15) is 4.79 Å². The van der Waals surface area contributed by atoms with E-state index in [1.807, 2.05) is 24.3 Å². The lowest BCUT2D eigenvalue weighted by Gasteiger charge is -2.29. The molecule has 6 heteroatoms. The molecule has 1 aliphatic heterocycles. The smallest absolute Gasteiger partial charge is 0.220 e. The van der Waals surface area contributed by atoms with E-state index in [1.165, 1.54) is 0 Å². The van der Waals surface area contributed by atoms with E-state index in [4.69, 9.17) is 9.47 Å². The molecule has 0 saturated carbocycles. The number of rotatable bonds is 8. The molecule has 130 valence electrons. The molecule has 1 unspecified atom stereocenters. The fraction of sp³-hybridized carbons (Fsp3) is 0.588. The lowest BCUT2D eigenvalue weighted by Crippen LogP contribution is -2.53. The van der Waals surface area contributed by atoms with Gasteiger partial charge in [0.1, 0.15) is 5.75 Å². The van der Waals surface area contributed by atoms with Gasteiger partial charge in [-0.3, -0.25) is 4.79 Å². The molecule has 1 heterocycles. The highest BCUT2D eigenvalue weighted by Crippen LogP contribution is 2.19. The summed E-state index contributed by atoms with van der Waals surface area (Å²) in [6.07, 6.45) is 3.40. The van der Waals surface area contributed by atoms with Gasteiger partial charge in [0, 0.05) is 20.1 Å². The van der Waals surface area contributed by atoms with Gasteiger partial charge in [0.15, 0.2) is 0 Å². The van der Waals surface area contributed by atoms with E-state index in [0.717, 1.165) is 37.1 Å². The lowest BCUT2D eigenvalue weighted by molar-refractivity contribution is -0.121. The van der Waals surface area contributed by atoms with Crippen LogP contribution in [0, 0.1) is 0 Å². The molecule has 23 heavy (non-hydrogen) atoms. The quantitative estimate of drug-likeness (QED) is 0.758. The maximum atomic E-state index is 12.0. The first-order valence-electron chi connectivity index (χ1n) is 7.81. The van der Waals surface area contributed by atoms with Crippen molar-refractivity contribution < 1.29 is 14.3 Å². The Labute approximate surface area is 144 Å². The Morgan fingerprint density at radius 2 is 2.04 bits per heavy atom. The van der Waals surface area contributed by atoms with Crippen LogP contribution in [-0.2, 0) is 16.0 Å². The molecular weight excluding hydrogens is 316 g/mol. The fourth-order valence-corrected chi connectivity index (χ4v) is 2.88. The van der Waals surface area contributed by atoms with E-state index < -0.39 is 0 Å². The van der Waals surface area contributed by atoms with Crippen molar-refractivity contribution in [3.8, 4) is 5.75 Å². The topological polar surface area (TPSA) is 59.6 Å². The van der Waals surface area contributed by atoms with Crippen LogP contribution in [0.2, 0.25) is 0 Å². The number of hydrogen-bond acceptors (Lipinski definition) is 4. The molecule has 0 aliphatic carbocycles. The molecule has 1 amide bonds. The second-order valence-electron chi connectivity index (χ2n) is 5.87. The van der Waals surface area contributed by atoms with Gasteiger partial charge in [-0.25, -0.2) is 0 Å². The number of methoxy groups -OCH3 is 2. The molecule has 0 radical (unpaired) electrons. The maximum absolute atomic E-state index is 12.0. The first-order valence-corrected chi connectivity index (χ1v) is 7.81. The number of nitrogens with one attached hydrogen (secondary N) is 2. The summed E-state index contributed by atoms with van der Waals surface area (Å²) < 4.78 is 10.4. The Morgan fingerprint density at radius 3 is 2.61 bits per heavy atom. The largest absolute Gasteiger partial charge is 0.497 e. The zero-order chi connectivity index (χ0) is 15.8. The van der Waals surface area contributed by atoms with E-state index in [-0.39, 0.29) is 23.9 Å². The van der Waals surface area contributed by atoms with Gasteiger partial charge in [-0.15, -0.1) is 12.4 Å². The number of benzene rings is 1. The molecule has 1 saturated heterocycles. The second-order valence-corrected chi connectivity index (χ2v) is 5.87. The highest BCUT2D eigenvalue weighted by molar-refractivity contribution is 5.85. The average Bonchev–Trinajstić information content (AvgIpc) is 3.01. The maximum Gasteiger partial charge on any atom is 0.220 e. The number of aryl methyl sites for hydroxylation is 1. The molecule has 1 aliphatic rings. The van der Waals surface area contributed by atoms with Crippen LogP contribution in [0.3, 0.4) is 0 Å². The molecule has 1 atom stereocenters. The summed E-state index contributed by atoms with van der Waals surface area (Å²) in [7, 11) is 3.35. The summed E-state index contributed by atoms with van der Waals surface area (Å²) >= 11 is 0. The van der Waals surface area contributed by atoms with Crippen LogP contribution in [-0.4, -0.2) is 45.4 Å². The molecular formula is C17H27ClN2O3. The fourth-order valence-electron chi connectivity index (χ4n) is 2.88. The van der Waals surface area contributed by atoms with Gasteiger partial charge in [-0.2, -0.15) is 0 Å². The molecule has 1 aromatic rings. The van der Waals surface area contributed by atoms with Gasteiger partial charge in [0.25, 0.3) is 0 Å². The summed E-state index contributed by atoms with van der Waals surface area (Å²) in [5.41, 5.74) is 1.05. The number of ether oxygens (including phenoxy) is 2. The Morgan fingerprint density at radius 1 is 1.30 bits per heavy atom. The number of halogens is 1. The van der Waals surface area contributed by atoms with Gasteiger partial charge in [-0.05, 0) is 43.5 Å². The van der Waals surface area contributed by atoms with Crippen LogP contribution < -0.4 is 15.4 Å². The van der Waals surface area contributed by atoms with Crippen molar-refractivity contribution >= 4 is 18.3 Å². The van der Waals surface area contributed by atoms with Crippen molar-refractivity contribution in [3.05, 3.63) is 29.8 Å². The van der Waals surface area contributed by atoms with Crippen molar-refractivity contribution in [2.24, 2.45) is 0 Å². The highest BCUT2D eigenvalue weighted by atomic mass is 35.5. The molecule has 2 N–H and O–H groups in total. The van der Waals surface area contributed by atoms with Crippen molar-refractivity contribution in [2.75, 3.05) is 33.9 Å². The normalized spacial score (nSPS) is 19.9. The van der Waals surface area contributed by atoms with Gasteiger partial charge in [-0.1, -0.05) is 12.1 Å². The minimum atomic E-state index is -0.0927. The zero-order valence-electron chi connectivity index (χ0n) is 13.9. The Hall–Kier alpha value is -1.30. The van der Waals surface area contributed by atoms with E-state index in [0.29, 0.717) is 19.6 Å². The lowest BCUT2D eigenvalue weighted by atomic mass is 9.98. The van der Waals surface area contributed by atoms with Crippen LogP contribution in [0.25, 0.3) is 0 Å². The number of amides is 1. The monoisotopic (exact) mass is 342 g/mol. The number of carbonyl (C=O) groups is 1. The highest BCUT2D eigenvalue weighted by Gasteiger charge is 2.33. The first kappa shape index (κ1) is 19.7. The van der Waals surface area contributed by atoms with Crippen molar-refractivity contribution in [3.63, 3.8) is 0 Å².